The number of aromatic nitrogens is 1. The number of nitrogens with zero attached hydrogens (tertiary/aromatic N) is 2. The van der Waals surface area contributed by atoms with Crippen LogP contribution < -0.4 is 10.1 Å². The van der Waals surface area contributed by atoms with E-state index < -0.39 is 0 Å². The molecule has 1 aromatic rings. The van der Waals surface area contributed by atoms with Crippen molar-refractivity contribution in [3.8, 4) is 5.88 Å². The van der Waals surface area contributed by atoms with Crippen molar-refractivity contribution in [3.05, 3.63) is 23.6 Å². The van der Waals surface area contributed by atoms with Gasteiger partial charge in [0.05, 0.1) is 0 Å². The Balaban J connectivity index is 2.77. The van der Waals surface area contributed by atoms with E-state index in [-0.39, 0.29) is 17.2 Å². The third kappa shape index (κ3) is 3.65. The van der Waals surface area contributed by atoms with Crippen LogP contribution in [0.4, 0.5) is 4.39 Å². The molecule has 4 nitrogen and oxygen atoms in total. The van der Waals surface area contributed by atoms with Crippen molar-refractivity contribution in [2.75, 3.05) is 27.7 Å². The Morgan fingerprint density at radius 3 is 2.67 bits per heavy atom. The molecule has 0 bridgehead atoms. The van der Waals surface area contributed by atoms with Gasteiger partial charge in [-0.1, -0.05) is 0 Å². The Bertz CT molecular complexity index is 394. The predicted molar refractivity (Wildman–Crippen MR) is 70.2 cm³/mol. The number of likely N-dealkylation sites (N-methyl/N-ethyl adjacent to an activating group) is 1. The monoisotopic (exact) mass is 255 g/mol. The number of pyridine rings is 1. The molecule has 1 aromatic heterocycles. The molecule has 0 atom stereocenters. The Morgan fingerprint density at radius 2 is 2.11 bits per heavy atom. The summed E-state index contributed by atoms with van der Waals surface area (Å²) >= 11 is 0. The molecule has 1 N–H and O–H groups in total. The van der Waals surface area contributed by atoms with Crippen LogP contribution in [0.1, 0.15) is 19.4 Å². The van der Waals surface area contributed by atoms with E-state index in [9.17, 15) is 4.39 Å². The second-order valence-electron chi connectivity index (χ2n) is 5.12. The fourth-order valence-electron chi connectivity index (χ4n) is 1.26. The number of halogens is 1. The zero-order chi connectivity index (χ0) is 13.8. The lowest BCUT2D eigenvalue weighted by Gasteiger charge is -2.31. The molecule has 0 aliphatic heterocycles. The average Bonchev–Trinajstić information content (AvgIpc) is 2.30. The van der Waals surface area contributed by atoms with Crippen molar-refractivity contribution < 1.29 is 9.13 Å². The van der Waals surface area contributed by atoms with Crippen LogP contribution in [0.2, 0.25) is 0 Å². The first-order chi connectivity index (χ1) is 8.38. The normalized spacial score (nSPS) is 11.9. The van der Waals surface area contributed by atoms with Crippen molar-refractivity contribution in [3.63, 3.8) is 0 Å². The summed E-state index contributed by atoms with van der Waals surface area (Å²) in [4.78, 5) is 5.97. The molecule has 0 saturated carbocycles. The first kappa shape index (κ1) is 14.9. The van der Waals surface area contributed by atoms with Crippen LogP contribution in [0.15, 0.2) is 12.3 Å². The number of hydrogen-bond acceptors (Lipinski definition) is 4. The highest BCUT2D eigenvalue weighted by molar-refractivity contribution is 5.23. The fraction of sp³-hybridized carbons (Fsp3) is 0.615. The van der Waals surface area contributed by atoms with Gasteiger partial charge in [-0.15, -0.1) is 0 Å². The molecule has 0 amide bonds. The first-order valence-electron chi connectivity index (χ1n) is 5.96. The summed E-state index contributed by atoms with van der Waals surface area (Å²) in [5.41, 5.74) is 0.387. The maximum Gasteiger partial charge on any atom is 0.250 e. The molecule has 0 aliphatic rings. The zero-order valence-corrected chi connectivity index (χ0v) is 11.7. The molecule has 0 saturated heterocycles. The maximum absolute atomic E-state index is 14.0. The molecule has 5 heteroatoms. The van der Waals surface area contributed by atoms with Crippen LogP contribution in [0.3, 0.4) is 0 Å². The van der Waals surface area contributed by atoms with Crippen molar-refractivity contribution in [1.29, 1.82) is 0 Å². The van der Waals surface area contributed by atoms with Gasteiger partial charge in [0.2, 0.25) is 0 Å². The molecule has 0 spiro atoms. The molecule has 1 heterocycles. The lowest BCUT2D eigenvalue weighted by atomic mass is 10.1. The van der Waals surface area contributed by atoms with Crippen LogP contribution in [0, 0.1) is 5.82 Å². The molecular weight excluding hydrogens is 233 g/mol. The number of rotatable bonds is 6. The number of hydrogen-bond donors (Lipinski definition) is 1. The summed E-state index contributed by atoms with van der Waals surface area (Å²) in [6.45, 7) is 4.90. The van der Waals surface area contributed by atoms with Gasteiger partial charge in [-0.2, -0.15) is 0 Å². The third-order valence-corrected chi connectivity index (χ3v) is 3.08. The van der Waals surface area contributed by atoms with E-state index >= 15 is 0 Å². The lowest BCUT2D eigenvalue weighted by Crippen LogP contribution is -2.43. The van der Waals surface area contributed by atoms with Crippen molar-refractivity contribution in [2.24, 2.45) is 0 Å². The molecule has 0 fully saturated rings. The summed E-state index contributed by atoms with van der Waals surface area (Å²) in [6.07, 6.45) is 1.56. The van der Waals surface area contributed by atoms with Crippen LogP contribution in [-0.4, -0.2) is 43.2 Å². The van der Waals surface area contributed by atoms with Crippen LogP contribution in [0.5, 0.6) is 5.88 Å². The fourth-order valence-corrected chi connectivity index (χ4v) is 1.26. The Labute approximate surface area is 108 Å². The van der Waals surface area contributed by atoms with Gasteiger partial charge in [0.15, 0.2) is 5.82 Å². The second kappa shape index (κ2) is 6.11. The Kier molecular flexibility index (Phi) is 5.04. The minimum Gasteiger partial charge on any atom is -0.474 e. The maximum atomic E-state index is 14.0. The third-order valence-electron chi connectivity index (χ3n) is 3.08. The highest BCUT2D eigenvalue weighted by Gasteiger charge is 2.22. The zero-order valence-electron chi connectivity index (χ0n) is 11.7. The van der Waals surface area contributed by atoms with E-state index in [1.807, 2.05) is 32.8 Å². The average molecular weight is 255 g/mol. The van der Waals surface area contributed by atoms with Gasteiger partial charge < -0.3 is 15.0 Å². The van der Waals surface area contributed by atoms with Gasteiger partial charge in [-0.05, 0) is 41.1 Å². The van der Waals surface area contributed by atoms with Gasteiger partial charge >= 0.3 is 0 Å². The summed E-state index contributed by atoms with van der Waals surface area (Å²) in [6, 6.07) is 1.65. The van der Waals surface area contributed by atoms with E-state index in [0.29, 0.717) is 18.7 Å². The minimum atomic E-state index is -0.388. The quantitative estimate of drug-likeness (QED) is 0.839. The van der Waals surface area contributed by atoms with Gasteiger partial charge in [0.25, 0.3) is 5.88 Å². The standard InChI is InChI=1S/C13H22FN3O/c1-13(2,17(4)5)9-18-12-11(14)10(8-15-3)6-7-16-12/h6-7,15H,8-9H2,1-5H3. The summed E-state index contributed by atoms with van der Waals surface area (Å²) < 4.78 is 19.5. The van der Waals surface area contributed by atoms with Gasteiger partial charge in [0, 0.05) is 23.8 Å². The minimum absolute atomic E-state index is 0.0673. The first-order valence-corrected chi connectivity index (χ1v) is 5.96. The van der Waals surface area contributed by atoms with Crippen molar-refractivity contribution in [2.45, 2.75) is 25.9 Å². The van der Waals surface area contributed by atoms with Crippen LogP contribution in [0.25, 0.3) is 0 Å². The van der Waals surface area contributed by atoms with E-state index in [4.69, 9.17) is 4.74 Å². The molecule has 102 valence electrons. The topological polar surface area (TPSA) is 37.4 Å². The summed E-state index contributed by atoms with van der Waals surface area (Å²) in [5, 5.41) is 2.91. The largest absolute Gasteiger partial charge is 0.474 e. The molecule has 1 rings (SSSR count). The van der Waals surface area contributed by atoms with E-state index in [0.717, 1.165) is 0 Å². The predicted octanol–water partition coefficient (Wildman–Crippen LogP) is 1.66. The SMILES string of the molecule is CNCc1ccnc(OCC(C)(C)N(C)C)c1F. The molecule has 0 radical (unpaired) electrons. The van der Waals surface area contributed by atoms with E-state index in [1.165, 1.54) is 0 Å². The summed E-state index contributed by atoms with van der Waals surface area (Å²) in [5.74, 6) is -0.320. The number of ether oxygens (including phenoxy) is 1. The van der Waals surface area contributed by atoms with Gasteiger partial charge in [-0.25, -0.2) is 9.37 Å². The lowest BCUT2D eigenvalue weighted by molar-refractivity contribution is 0.108. The van der Waals surface area contributed by atoms with E-state index in [2.05, 4.69) is 10.3 Å². The van der Waals surface area contributed by atoms with Crippen molar-refractivity contribution in [1.82, 2.24) is 15.2 Å². The summed E-state index contributed by atoms with van der Waals surface area (Å²) in [7, 11) is 5.70. The molecule has 0 unspecified atom stereocenters. The van der Waals surface area contributed by atoms with Gasteiger partial charge in [0.1, 0.15) is 6.61 Å². The smallest absolute Gasteiger partial charge is 0.250 e. The van der Waals surface area contributed by atoms with Gasteiger partial charge in [-0.3, -0.25) is 0 Å². The Hall–Kier alpha value is -1.20. The van der Waals surface area contributed by atoms with Crippen molar-refractivity contribution >= 4 is 0 Å². The molecule has 0 aromatic carbocycles. The van der Waals surface area contributed by atoms with Crippen LogP contribution in [-0.2, 0) is 6.54 Å². The molecule has 18 heavy (non-hydrogen) atoms. The highest BCUT2D eigenvalue weighted by atomic mass is 19.1. The Morgan fingerprint density at radius 1 is 1.44 bits per heavy atom. The molecular formula is C13H22FN3O. The van der Waals surface area contributed by atoms with E-state index in [1.54, 1.807) is 19.3 Å². The highest BCUT2D eigenvalue weighted by Crippen LogP contribution is 2.19. The van der Waals surface area contributed by atoms with Crippen LogP contribution >= 0.6 is 0 Å². The second-order valence-corrected chi connectivity index (χ2v) is 5.12. The molecule has 0 aliphatic carbocycles. The number of nitrogens with one attached hydrogen (secondary N) is 1.